The van der Waals surface area contributed by atoms with Gasteiger partial charge in [0.05, 0.1) is 10.9 Å². The van der Waals surface area contributed by atoms with Crippen LogP contribution in [0.5, 0.6) is 0 Å². The summed E-state index contributed by atoms with van der Waals surface area (Å²) in [6.07, 6.45) is 0. The Kier molecular flexibility index (Phi) is 3.52. The van der Waals surface area contributed by atoms with Crippen molar-refractivity contribution in [1.82, 2.24) is 5.32 Å². The monoisotopic (exact) mass is 295 g/mol. The molecule has 0 aliphatic heterocycles. The summed E-state index contributed by atoms with van der Waals surface area (Å²) in [7, 11) is 0. The van der Waals surface area contributed by atoms with E-state index in [-0.39, 0.29) is 16.8 Å². The molecule has 0 saturated heterocycles. The summed E-state index contributed by atoms with van der Waals surface area (Å²) in [6.45, 7) is 3.70. The number of benzene rings is 1. The van der Waals surface area contributed by atoms with Crippen LogP contribution >= 0.6 is 15.9 Å². The topological polar surface area (TPSA) is 42.2 Å². The molecule has 2 unspecified atom stereocenters. The second-order valence-corrected chi connectivity index (χ2v) is 5.41. The van der Waals surface area contributed by atoms with Crippen LogP contribution in [-0.4, -0.2) is 10.7 Å². The van der Waals surface area contributed by atoms with Crippen LogP contribution in [0.15, 0.2) is 34.7 Å². The molecule has 1 amide bonds. The molecule has 90 valence electrons. The van der Waals surface area contributed by atoms with Crippen molar-refractivity contribution in [3.63, 3.8) is 0 Å². The lowest BCUT2D eigenvalue weighted by molar-refractivity contribution is -0.120. The number of hydrogen-bond acceptors (Lipinski definition) is 2. The molecule has 1 N–H and O–H groups in total. The third-order valence-corrected chi connectivity index (χ3v) is 3.01. The van der Waals surface area contributed by atoms with Crippen LogP contribution in [0.4, 0.5) is 0 Å². The predicted molar refractivity (Wildman–Crippen MR) is 71.2 cm³/mol. The van der Waals surface area contributed by atoms with Gasteiger partial charge in [-0.3, -0.25) is 4.79 Å². The minimum absolute atomic E-state index is 0.0436. The first-order valence-corrected chi connectivity index (χ1v) is 6.42. The Morgan fingerprint density at radius 1 is 1.35 bits per heavy atom. The largest absolute Gasteiger partial charge is 0.459 e. The zero-order chi connectivity index (χ0) is 12.4. The van der Waals surface area contributed by atoms with Crippen molar-refractivity contribution in [2.24, 2.45) is 0 Å². The van der Waals surface area contributed by atoms with Crippen LogP contribution in [0, 0.1) is 0 Å². The van der Waals surface area contributed by atoms with Crippen molar-refractivity contribution in [2.45, 2.75) is 24.7 Å². The maximum Gasteiger partial charge on any atom is 0.234 e. The Labute approximate surface area is 108 Å². The number of halogens is 1. The fraction of sp³-hybridized carbons (Fsp3) is 0.308. The Morgan fingerprint density at radius 2 is 2.06 bits per heavy atom. The number of hydrogen-bond donors (Lipinski definition) is 1. The van der Waals surface area contributed by atoms with E-state index in [1.807, 2.05) is 37.3 Å². The maximum absolute atomic E-state index is 11.5. The van der Waals surface area contributed by atoms with Crippen molar-refractivity contribution >= 4 is 32.8 Å². The lowest BCUT2D eigenvalue weighted by Crippen LogP contribution is -2.31. The Hall–Kier alpha value is -1.29. The number of amides is 1. The van der Waals surface area contributed by atoms with Crippen LogP contribution in [0.25, 0.3) is 11.0 Å². The standard InChI is InChI=1S/C13H14BrNO2/c1-8(14)13(16)15-9(2)12-7-10-5-3-4-6-11(10)17-12/h3-9H,1-2H3,(H,15,16). The summed E-state index contributed by atoms with van der Waals surface area (Å²) < 4.78 is 5.68. The van der Waals surface area contributed by atoms with Gasteiger partial charge in [-0.25, -0.2) is 0 Å². The normalized spacial score (nSPS) is 14.5. The van der Waals surface area contributed by atoms with Gasteiger partial charge in [-0.05, 0) is 26.0 Å². The summed E-state index contributed by atoms with van der Waals surface area (Å²) in [5.74, 6) is 0.727. The van der Waals surface area contributed by atoms with Crippen molar-refractivity contribution in [3.8, 4) is 0 Å². The smallest absolute Gasteiger partial charge is 0.234 e. The molecule has 1 aromatic heterocycles. The van der Waals surface area contributed by atoms with Crippen LogP contribution in [0.2, 0.25) is 0 Å². The number of nitrogens with one attached hydrogen (secondary N) is 1. The van der Waals surface area contributed by atoms with E-state index < -0.39 is 0 Å². The number of carbonyl (C=O) groups is 1. The van der Waals surface area contributed by atoms with Gasteiger partial charge in [-0.2, -0.15) is 0 Å². The molecule has 0 fully saturated rings. The van der Waals surface area contributed by atoms with Gasteiger partial charge < -0.3 is 9.73 Å². The highest BCUT2D eigenvalue weighted by Crippen LogP contribution is 2.23. The van der Waals surface area contributed by atoms with Gasteiger partial charge in [0.1, 0.15) is 11.3 Å². The molecule has 4 heteroatoms. The average molecular weight is 296 g/mol. The molecule has 0 saturated carbocycles. The number of para-hydroxylation sites is 1. The van der Waals surface area contributed by atoms with E-state index in [9.17, 15) is 4.79 Å². The molecule has 0 bridgehead atoms. The predicted octanol–water partition coefficient (Wildman–Crippen LogP) is 3.39. The second kappa shape index (κ2) is 4.92. The van der Waals surface area contributed by atoms with Crippen molar-refractivity contribution in [1.29, 1.82) is 0 Å². The van der Waals surface area contributed by atoms with Gasteiger partial charge in [0.15, 0.2) is 0 Å². The molecular formula is C13H14BrNO2. The molecule has 2 atom stereocenters. The molecular weight excluding hydrogens is 282 g/mol. The number of carbonyl (C=O) groups excluding carboxylic acids is 1. The van der Waals surface area contributed by atoms with Gasteiger partial charge in [0.25, 0.3) is 0 Å². The third-order valence-electron chi connectivity index (χ3n) is 2.59. The van der Waals surface area contributed by atoms with Crippen LogP contribution in [0.3, 0.4) is 0 Å². The van der Waals surface area contributed by atoms with Crippen molar-refractivity contribution in [3.05, 3.63) is 36.1 Å². The number of fused-ring (bicyclic) bond motifs is 1. The van der Waals surface area contributed by atoms with E-state index in [1.54, 1.807) is 6.92 Å². The van der Waals surface area contributed by atoms with Crippen LogP contribution in [0.1, 0.15) is 25.6 Å². The van der Waals surface area contributed by atoms with E-state index in [4.69, 9.17) is 4.42 Å². The number of alkyl halides is 1. The molecule has 0 spiro atoms. The molecule has 1 aromatic carbocycles. The molecule has 0 aliphatic carbocycles. The summed E-state index contributed by atoms with van der Waals surface area (Å²) in [6, 6.07) is 9.63. The highest BCUT2D eigenvalue weighted by atomic mass is 79.9. The zero-order valence-corrected chi connectivity index (χ0v) is 11.3. The van der Waals surface area contributed by atoms with Gasteiger partial charge in [0, 0.05) is 5.39 Å². The van der Waals surface area contributed by atoms with Crippen molar-refractivity contribution < 1.29 is 9.21 Å². The minimum atomic E-state index is -0.200. The van der Waals surface area contributed by atoms with Gasteiger partial charge in [-0.1, -0.05) is 34.1 Å². The Bertz CT molecular complexity index is 500. The van der Waals surface area contributed by atoms with E-state index >= 15 is 0 Å². The lowest BCUT2D eigenvalue weighted by Gasteiger charge is -2.12. The van der Waals surface area contributed by atoms with Crippen LogP contribution < -0.4 is 5.32 Å². The van der Waals surface area contributed by atoms with E-state index in [0.717, 1.165) is 16.7 Å². The summed E-state index contributed by atoms with van der Waals surface area (Å²) in [5, 5.41) is 3.93. The fourth-order valence-electron chi connectivity index (χ4n) is 1.62. The first-order chi connectivity index (χ1) is 8.08. The summed E-state index contributed by atoms with van der Waals surface area (Å²) in [4.78, 5) is 11.3. The zero-order valence-electron chi connectivity index (χ0n) is 9.74. The van der Waals surface area contributed by atoms with E-state index in [1.165, 1.54) is 0 Å². The van der Waals surface area contributed by atoms with Gasteiger partial charge in [0.2, 0.25) is 5.91 Å². The number of furan rings is 1. The van der Waals surface area contributed by atoms with Gasteiger partial charge in [-0.15, -0.1) is 0 Å². The highest BCUT2D eigenvalue weighted by Gasteiger charge is 2.16. The highest BCUT2D eigenvalue weighted by molar-refractivity contribution is 9.10. The molecule has 0 radical (unpaired) electrons. The average Bonchev–Trinajstić information content (AvgIpc) is 2.72. The lowest BCUT2D eigenvalue weighted by atomic mass is 10.2. The molecule has 2 aromatic rings. The first-order valence-electron chi connectivity index (χ1n) is 5.51. The Balaban J connectivity index is 2.19. The second-order valence-electron chi connectivity index (χ2n) is 4.03. The van der Waals surface area contributed by atoms with Gasteiger partial charge >= 0.3 is 0 Å². The van der Waals surface area contributed by atoms with Crippen molar-refractivity contribution in [2.75, 3.05) is 0 Å². The molecule has 0 aliphatic rings. The molecule has 1 heterocycles. The van der Waals surface area contributed by atoms with E-state index in [0.29, 0.717) is 0 Å². The third kappa shape index (κ3) is 2.69. The minimum Gasteiger partial charge on any atom is -0.459 e. The SMILES string of the molecule is CC(Br)C(=O)NC(C)c1cc2ccccc2o1. The molecule has 17 heavy (non-hydrogen) atoms. The summed E-state index contributed by atoms with van der Waals surface area (Å²) in [5.41, 5.74) is 0.843. The quantitative estimate of drug-likeness (QED) is 0.882. The summed E-state index contributed by atoms with van der Waals surface area (Å²) >= 11 is 3.23. The van der Waals surface area contributed by atoms with Crippen LogP contribution in [-0.2, 0) is 4.79 Å². The number of rotatable bonds is 3. The fourth-order valence-corrected chi connectivity index (χ4v) is 1.75. The Morgan fingerprint density at radius 3 is 2.71 bits per heavy atom. The molecule has 3 nitrogen and oxygen atoms in total. The first kappa shape index (κ1) is 12.2. The van der Waals surface area contributed by atoms with E-state index in [2.05, 4.69) is 21.2 Å². The molecule has 2 rings (SSSR count). The maximum atomic E-state index is 11.5.